The fraction of sp³-hybridized carbons (Fsp3) is 0.619. The fourth-order valence-corrected chi connectivity index (χ4v) is 2.42. The van der Waals surface area contributed by atoms with Crippen LogP contribution in [0.25, 0.3) is 0 Å². The highest BCUT2D eigenvalue weighted by Crippen LogP contribution is 2.28. The second-order valence-electron chi connectivity index (χ2n) is 7.33. The number of ether oxygens (including phenoxy) is 2. The molecule has 29 heavy (non-hydrogen) atoms. The van der Waals surface area contributed by atoms with Gasteiger partial charge in [0.15, 0.2) is 17.5 Å². The Morgan fingerprint density at radius 2 is 1.55 bits per heavy atom. The summed E-state index contributed by atoms with van der Waals surface area (Å²) in [6, 6.07) is 6.02. The van der Waals surface area contributed by atoms with Gasteiger partial charge in [0.05, 0.1) is 13.2 Å². The summed E-state index contributed by atoms with van der Waals surface area (Å²) in [6.45, 7) is 12.7. The van der Waals surface area contributed by atoms with Gasteiger partial charge in [-0.3, -0.25) is 9.79 Å². The van der Waals surface area contributed by atoms with Crippen LogP contribution in [0.15, 0.2) is 23.2 Å². The van der Waals surface area contributed by atoms with Crippen molar-refractivity contribution in [1.82, 2.24) is 16.0 Å². The average Bonchev–Trinajstić information content (AvgIpc) is 2.65. The highest BCUT2D eigenvalue weighted by atomic mass is 127. The highest BCUT2D eigenvalue weighted by molar-refractivity contribution is 14.0. The molecule has 0 fully saturated rings. The maximum atomic E-state index is 11.8. The maximum absolute atomic E-state index is 11.8. The number of benzene rings is 1. The number of aliphatic imine (C=N–C) groups is 1. The van der Waals surface area contributed by atoms with Crippen molar-refractivity contribution >= 4 is 35.8 Å². The minimum atomic E-state index is -0.377. The predicted molar refractivity (Wildman–Crippen MR) is 130 cm³/mol. The van der Waals surface area contributed by atoms with E-state index in [-0.39, 0.29) is 35.3 Å². The van der Waals surface area contributed by atoms with Crippen LogP contribution in [0.4, 0.5) is 0 Å². The predicted octanol–water partition coefficient (Wildman–Crippen LogP) is 2.97. The summed E-state index contributed by atoms with van der Waals surface area (Å²) in [6.07, 6.45) is 0.827. The van der Waals surface area contributed by atoms with Crippen LogP contribution in [0.3, 0.4) is 0 Å². The van der Waals surface area contributed by atoms with E-state index in [0.717, 1.165) is 30.0 Å². The van der Waals surface area contributed by atoms with Crippen LogP contribution >= 0.6 is 24.0 Å². The summed E-state index contributed by atoms with van der Waals surface area (Å²) in [5.41, 5.74) is 0.783. The lowest BCUT2D eigenvalue weighted by Gasteiger charge is -2.18. The molecule has 1 aromatic carbocycles. The van der Waals surface area contributed by atoms with Crippen molar-refractivity contribution in [3.05, 3.63) is 23.8 Å². The van der Waals surface area contributed by atoms with Gasteiger partial charge in [-0.25, -0.2) is 0 Å². The van der Waals surface area contributed by atoms with Crippen LogP contribution in [0.1, 0.15) is 40.2 Å². The normalized spacial score (nSPS) is 11.3. The Labute approximate surface area is 192 Å². The molecule has 0 aromatic heterocycles. The Bertz CT molecular complexity index is 645. The third-order valence-corrected chi connectivity index (χ3v) is 3.92. The van der Waals surface area contributed by atoms with Crippen LogP contribution in [0.5, 0.6) is 11.5 Å². The first kappa shape index (κ1) is 27.3. The Morgan fingerprint density at radius 1 is 0.966 bits per heavy atom. The van der Waals surface area contributed by atoms with E-state index in [1.165, 1.54) is 0 Å². The summed E-state index contributed by atoms with van der Waals surface area (Å²) >= 11 is 0. The largest absolute Gasteiger partial charge is 0.490 e. The van der Waals surface area contributed by atoms with E-state index in [0.29, 0.717) is 32.3 Å². The Kier molecular flexibility index (Phi) is 13.5. The molecule has 8 heteroatoms. The Morgan fingerprint density at radius 3 is 2.14 bits per heavy atom. The van der Waals surface area contributed by atoms with Crippen LogP contribution < -0.4 is 25.4 Å². The molecular formula is C21H37IN4O3. The van der Waals surface area contributed by atoms with Crippen LogP contribution in [0.2, 0.25) is 0 Å². The summed E-state index contributed by atoms with van der Waals surface area (Å²) in [4.78, 5) is 16.0. The topological polar surface area (TPSA) is 84.0 Å². The number of hydrogen-bond acceptors (Lipinski definition) is 4. The van der Waals surface area contributed by atoms with Crippen LogP contribution in [-0.4, -0.2) is 51.8 Å². The molecule has 0 unspecified atom stereocenters. The standard InChI is InChI=1S/C21H36N4O3.HI/c1-7-27-17-10-9-16(15-18(17)28-8-2)11-12-24-20(22-6)25-14-13-23-19(26)21(3,4)5;/h9-10,15H,7-8,11-14H2,1-6H3,(H,23,26)(H2,22,24,25);1H. The highest BCUT2D eigenvalue weighted by Gasteiger charge is 2.20. The van der Waals surface area contributed by atoms with E-state index in [4.69, 9.17) is 9.47 Å². The van der Waals surface area contributed by atoms with Gasteiger partial charge in [0.25, 0.3) is 0 Å². The minimum absolute atomic E-state index is 0. The van der Waals surface area contributed by atoms with Crippen molar-refractivity contribution in [2.45, 2.75) is 41.0 Å². The van der Waals surface area contributed by atoms with Gasteiger partial charge in [-0.05, 0) is 38.0 Å². The average molecular weight is 520 g/mol. The zero-order valence-electron chi connectivity index (χ0n) is 18.6. The molecule has 0 spiro atoms. The number of guanidine groups is 1. The van der Waals surface area contributed by atoms with Gasteiger partial charge in [0, 0.05) is 32.1 Å². The van der Waals surface area contributed by atoms with Crippen LogP contribution in [0, 0.1) is 5.41 Å². The third kappa shape index (κ3) is 10.6. The van der Waals surface area contributed by atoms with Crippen molar-refractivity contribution in [2.24, 2.45) is 10.4 Å². The van der Waals surface area contributed by atoms with E-state index in [1.54, 1.807) is 7.05 Å². The van der Waals surface area contributed by atoms with Gasteiger partial charge in [-0.15, -0.1) is 24.0 Å². The number of carbonyl (C=O) groups is 1. The van der Waals surface area contributed by atoms with Gasteiger partial charge in [-0.2, -0.15) is 0 Å². The van der Waals surface area contributed by atoms with E-state index in [2.05, 4.69) is 20.9 Å². The summed E-state index contributed by atoms with van der Waals surface area (Å²) in [7, 11) is 1.73. The first-order valence-electron chi connectivity index (χ1n) is 9.93. The molecule has 7 nitrogen and oxygen atoms in total. The molecule has 0 radical (unpaired) electrons. The number of rotatable bonds is 10. The lowest BCUT2D eigenvalue weighted by Crippen LogP contribution is -2.43. The zero-order chi connectivity index (χ0) is 21.0. The molecule has 3 N–H and O–H groups in total. The molecule has 1 rings (SSSR count). The number of nitrogens with zero attached hydrogens (tertiary/aromatic N) is 1. The first-order valence-corrected chi connectivity index (χ1v) is 9.93. The monoisotopic (exact) mass is 520 g/mol. The van der Waals surface area contributed by atoms with Crippen molar-refractivity contribution < 1.29 is 14.3 Å². The molecule has 166 valence electrons. The molecule has 0 saturated heterocycles. The Hall–Kier alpha value is -1.71. The van der Waals surface area contributed by atoms with Crippen molar-refractivity contribution in [1.29, 1.82) is 0 Å². The smallest absolute Gasteiger partial charge is 0.225 e. The second kappa shape index (κ2) is 14.3. The molecule has 0 atom stereocenters. The van der Waals surface area contributed by atoms with Gasteiger partial charge >= 0.3 is 0 Å². The molecule has 0 aliphatic heterocycles. The summed E-state index contributed by atoms with van der Waals surface area (Å²) in [5, 5.41) is 9.39. The van der Waals surface area contributed by atoms with Crippen LogP contribution in [-0.2, 0) is 11.2 Å². The van der Waals surface area contributed by atoms with Crippen molar-refractivity contribution in [3.63, 3.8) is 0 Å². The number of halogens is 1. The lowest BCUT2D eigenvalue weighted by atomic mass is 9.96. The number of hydrogen-bond donors (Lipinski definition) is 3. The van der Waals surface area contributed by atoms with Crippen molar-refractivity contribution in [3.8, 4) is 11.5 Å². The van der Waals surface area contributed by atoms with E-state index in [1.807, 2.05) is 52.8 Å². The third-order valence-electron chi connectivity index (χ3n) is 3.92. The van der Waals surface area contributed by atoms with Gasteiger partial charge in [0.2, 0.25) is 5.91 Å². The number of carbonyl (C=O) groups excluding carboxylic acids is 1. The summed E-state index contributed by atoms with van der Waals surface area (Å²) in [5.74, 6) is 2.30. The Balaban J connectivity index is 0.00000784. The van der Waals surface area contributed by atoms with E-state index in [9.17, 15) is 4.79 Å². The lowest BCUT2D eigenvalue weighted by molar-refractivity contribution is -0.128. The molecule has 0 bridgehead atoms. The number of amides is 1. The molecule has 1 amide bonds. The fourth-order valence-electron chi connectivity index (χ4n) is 2.42. The summed E-state index contributed by atoms with van der Waals surface area (Å²) < 4.78 is 11.3. The second-order valence-corrected chi connectivity index (χ2v) is 7.33. The molecular weight excluding hydrogens is 483 g/mol. The van der Waals surface area contributed by atoms with Gasteiger partial charge in [0.1, 0.15) is 0 Å². The van der Waals surface area contributed by atoms with E-state index < -0.39 is 0 Å². The van der Waals surface area contributed by atoms with Gasteiger partial charge < -0.3 is 25.4 Å². The molecule has 0 saturated carbocycles. The minimum Gasteiger partial charge on any atom is -0.490 e. The molecule has 0 aliphatic rings. The SMILES string of the molecule is CCOc1ccc(CCNC(=NC)NCCNC(=O)C(C)(C)C)cc1OCC.I. The molecule has 0 heterocycles. The zero-order valence-corrected chi connectivity index (χ0v) is 20.9. The number of nitrogens with one attached hydrogen (secondary N) is 3. The van der Waals surface area contributed by atoms with Gasteiger partial charge in [-0.1, -0.05) is 26.8 Å². The molecule has 0 aliphatic carbocycles. The van der Waals surface area contributed by atoms with Crippen molar-refractivity contribution in [2.75, 3.05) is 39.9 Å². The first-order chi connectivity index (χ1) is 13.3. The quantitative estimate of drug-likeness (QED) is 0.191. The molecule has 1 aromatic rings. The van der Waals surface area contributed by atoms with E-state index >= 15 is 0 Å². The maximum Gasteiger partial charge on any atom is 0.225 e.